The number of unbranched alkanes of at least 4 members (excludes halogenated alkanes) is 18. The van der Waals surface area contributed by atoms with Crippen molar-refractivity contribution in [2.45, 2.75) is 162 Å². The molecule has 0 spiro atoms. The highest BCUT2D eigenvalue weighted by Gasteiger charge is 2.01. The van der Waals surface area contributed by atoms with E-state index in [1.165, 1.54) is 141 Å². The molecular weight excluding hydrogens is 312 g/mol. The second-order valence-electron chi connectivity index (χ2n) is 9.05. The normalized spacial score (nSPS) is 12.6. The van der Waals surface area contributed by atoms with E-state index in [1.54, 1.807) is 0 Å². The summed E-state index contributed by atoms with van der Waals surface area (Å²) in [5.41, 5.74) is 0. The molecule has 0 nitrogen and oxygen atoms in total. The molecule has 0 N–H and O–H groups in total. The highest BCUT2D eigenvalue weighted by atomic mass is 14.1. The fourth-order valence-electron chi connectivity index (χ4n) is 4.10. The molecule has 0 saturated heterocycles. The Morgan fingerprint density at radius 2 is 0.577 bits per heavy atom. The van der Waals surface area contributed by atoms with E-state index in [4.69, 9.17) is 0 Å². The van der Waals surface area contributed by atoms with Gasteiger partial charge in [0.2, 0.25) is 0 Å². The molecule has 0 bridgehead atoms. The molecule has 0 aliphatic carbocycles. The zero-order valence-corrected chi connectivity index (χ0v) is 19.1. The van der Waals surface area contributed by atoms with Gasteiger partial charge >= 0.3 is 0 Å². The molecule has 1 unspecified atom stereocenters. The van der Waals surface area contributed by atoms with Gasteiger partial charge in [0.05, 0.1) is 0 Å². The summed E-state index contributed by atoms with van der Waals surface area (Å²) in [5, 5.41) is 0. The van der Waals surface area contributed by atoms with Gasteiger partial charge in [-0.25, -0.2) is 0 Å². The second-order valence-corrected chi connectivity index (χ2v) is 9.05. The third kappa shape index (κ3) is 22.0. The van der Waals surface area contributed by atoms with Crippen LogP contribution in [-0.4, -0.2) is 0 Å². The molecule has 0 aromatic carbocycles. The fraction of sp³-hybridized carbons (Fsp3) is 1.00. The lowest BCUT2D eigenvalue weighted by Crippen LogP contribution is -1.95. The molecule has 0 aliphatic heterocycles. The highest BCUT2D eigenvalue weighted by Crippen LogP contribution is 2.18. The Morgan fingerprint density at radius 1 is 0.346 bits per heavy atom. The molecule has 0 fully saturated rings. The summed E-state index contributed by atoms with van der Waals surface area (Å²) in [6.07, 6.45) is 32.3. The van der Waals surface area contributed by atoms with E-state index in [0.717, 1.165) is 5.92 Å². The van der Waals surface area contributed by atoms with Crippen molar-refractivity contribution in [1.82, 2.24) is 0 Å². The van der Waals surface area contributed by atoms with Crippen LogP contribution in [0.15, 0.2) is 0 Å². The zero-order valence-electron chi connectivity index (χ0n) is 19.1. The molecule has 0 rings (SSSR count). The SMILES string of the molecule is CCCCCCCCCCCCCCCCCCC(C)CCCCCC. The summed E-state index contributed by atoms with van der Waals surface area (Å²) < 4.78 is 0. The Morgan fingerprint density at radius 3 is 0.885 bits per heavy atom. The van der Waals surface area contributed by atoms with Crippen LogP contribution in [0.5, 0.6) is 0 Å². The van der Waals surface area contributed by atoms with Gasteiger partial charge in [0.1, 0.15) is 0 Å². The minimum absolute atomic E-state index is 0.971. The molecule has 0 aromatic rings. The fourth-order valence-corrected chi connectivity index (χ4v) is 4.10. The second kappa shape index (κ2) is 23.0. The monoisotopic (exact) mass is 366 g/mol. The molecule has 0 aliphatic rings. The largest absolute Gasteiger partial charge is 0.0654 e. The maximum atomic E-state index is 2.47. The van der Waals surface area contributed by atoms with Crippen LogP contribution < -0.4 is 0 Å². The molecule has 26 heavy (non-hydrogen) atoms. The van der Waals surface area contributed by atoms with Crippen molar-refractivity contribution in [3.63, 3.8) is 0 Å². The van der Waals surface area contributed by atoms with Gasteiger partial charge in [-0.3, -0.25) is 0 Å². The maximum absolute atomic E-state index is 2.47. The van der Waals surface area contributed by atoms with Crippen molar-refractivity contribution in [2.24, 2.45) is 5.92 Å². The average Bonchev–Trinajstić information content (AvgIpc) is 2.65. The third-order valence-corrected chi connectivity index (χ3v) is 6.10. The summed E-state index contributed by atoms with van der Waals surface area (Å²) in [6, 6.07) is 0. The summed E-state index contributed by atoms with van der Waals surface area (Å²) in [4.78, 5) is 0. The van der Waals surface area contributed by atoms with Crippen molar-refractivity contribution in [1.29, 1.82) is 0 Å². The molecule has 0 amide bonds. The van der Waals surface area contributed by atoms with Gasteiger partial charge in [0.25, 0.3) is 0 Å². The van der Waals surface area contributed by atoms with Gasteiger partial charge in [-0.15, -0.1) is 0 Å². The predicted molar refractivity (Wildman–Crippen MR) is 122 cm³/mol. The summed E-state index contributed by atoms with van der Waals surface area (Å²) in [6.45, 7) is 7.08. The van der Waals surface area contributed by atoms with Crippen LogP contribution in [0.25, 0.3) is 0 Å². The van der Waals surface area contributed by atoms with Crippen LogP contribution in [0.4, 0.5) is 0 Å². The van der Waals surface area contributed by atoms with Crippen LogP contribution in [0.3, 0.4) is 0 Å². The molecular formula is C26H54. The van der Waals surface area contributed by atoms with Gasteiger partial charge in [-0.1, -0.05) is 162 Å². The lowest BCUT2D eigenvalue weighted by molar-refractivity contribution is 0.433. The Hall–Kier alpha value is 0. The number of hydrogen-bond acceptors (Lipinski definition) is 0. The first-order valence-corrected chi connectivity index (χ1v) is 12.8. The van der Waals surface area contributed by atoms with Crippen LogP contribution in [0.1, 0.15) is 162 Å². The minimum atomic E-state index is 0.971. The molecule has 0 aromatic heterocycles. The first kappa shape index (κ1) is 26.0. The highest BCUT2D eigenvalue weighted by molar-refractivity contribution is 4.55. The first-order chi connectivity index (χ1) is 12.8. The average molecular weight is 367 g/mol. The van der Waals surface area contributed by atoms with Crippen LogP contribution >= 0.6 is 0 Å². The topological polar surface area (TPSA) is 0 Å². The third-order valence-electron chi connectivity index (χ3n) is 6.10. The number of hydrogen-bond donors (Lipinski definition) is 0. The molecule has 1 atom stereocenters. The van der Waals surface area contributed by atoms with Crippen molar-refractivity contribution < 1.29 is 0 Å². The lowest BCUT2D eigenvalue weighted by atomic mass is 9.96. The minimum Gasteiger partial charge on any atom is -0.0654 e. The Labute approximate surface area is 168 Å². The molecule has 0 heterocycles. The smallest absolute Gasteiger partial charge is 0.0443 e. The van der Waals surface area contributed by atoms with Gasteiger partial charge in [-0.05, 0) is 5.92 Å². The maximum Gasteiger partial charge on any atom is -0.0443 e. The number of rotatable bonds is 22. The van der Waals surface area contributed by atoms with E-state index in [0.29, 0.717) is 0 Å². The van der Waals surface area contributed by atoms with Gasteiger partial charge in [-0.2, -0.15) is 0 Å². The summed E-state index contributed by atoms with van der Waals surface area (Å²) in [7, 11) is 0. The van der Waals surface area contributed by atoms with E-state index in [9.17, 15) is 0 Å². The van der Waals surface area contributed by atoms with Crippen LogP contribution in [0, 0.1) is 5.92 Å². The van der Waals surface area contributed by atoms with Gasteiger partial charge < -0.3 is 0 Å². The standard InChI is InChI=1S/C26H54/c1-4-6-8-10-11-12-13-14-15-16-17-18-19-20-21-23-25-26(3)24-22-9-7-5-2/h26H,4-25H2,1-3H3. The quantitative estimate of drug-likeness (QED) is 0.167. The van der Waals surface area contributed by atoms with E-state index in [2.05, 4.69) is 20.8 Å². The molecule has 0 saturated carbocycles. The van der Waals surface area contributed by atoms with Gasteiger partial charge in [0, 0.05) is 0 Å². The van der Waals surface area contributed by atoms with Crippen molar-refractivity contribution in [2.75, 3.05) is 0 Å². The van der Waals surface area contributed by atoms with Crippen molar-refractivity contribution >= 4 is 0 Å². The van der Waals surface area contributed by atoms with E-state index >= 15 is 0 Å². The molecule has 158 valence electrons. The lowest BCUT2D eigenvalue weighted by Gasteiger charge is -2.10. The molecule has 0 heteroatoms. The summed E-state index contributed by atoms with van der Waals surface area (Å²) in [5.74, 6) is 0.971. The Balaban J connectivity index is 3.06. The molecule has 0 radical (unpaired) electrons. The van der Waals surface area contributed by atoms with Gasteiger partial charge in [0.15, 0.2) is 0 Å². The van der Waals surface area contributed by atoms with E-state index < -0.39 is 0 Å². The van der Waals surface area contributed by atoms with Crippen LogP contribution in [-0.2, 0) is 0 Å². The summed E-state index contributed by atoms with van der Waals surface area (Å²) >= 11 is 0. The first-order valence-electron chi connectivity index (χ1n) is 12.8. The Kier molecular flexibility index (Phi) is 23.0. The van der Waals surface area contributed by atoms with Crippen molar-refractivity contribution in [3.8, 4) is 0 Å². The van der Waals surface area contributed by atoms with Crippen molar-refractivity contribution in [3.05, 3.63) is 0 Å². The predicted octanol–water partition coefficient (Wildman–Crippen LogP) is 10.2. The van der Waals surface area contributed by atoms with E-state index in [1.807, 2.05) is 0 Å². The van der Waals surface area contributed by atoms with Crippen LogP contribution in [0.2, 0.25) is 0 Å². The van der Waals surface area contributed by atoms with E-state index in [-0.39, 0.29) is 0 Å². The Bertz CT molecular complexity index is 232. The zero-order chi connectivity index (χ0) is 19.1.